The van der Waals surface area contributed by atoms with Gasteiger partial charge in [0.25, 0.3) is 0 Å². The Hall–Kier alpha value is -1.89. The molecule has 1 aromatic heterocycles. The van der Waals surface area contributed by atoms with Crippen LogP contribution in [0.4, 0.5) is 5.00 Å². The molecule has 0 aliphatic heterocycles. The molecule has 6 nitrogen and oxygen atoms in total. The molecule has 1 amide bonds. The summed E-state index contributed by atoms with van der Waals surface area (Å²) in [5.41, 5.74) is 1.51. The van der Waals surface area contributed by atoms with E-state index in [2.05, 4.69) is 5.32 Å². The van der Waals surface area contributed by atoms with Gasteiger partial charge in [0, 0.05) is 4.88 Å². The first-order chi connectivity index (χ1) is 14.0. The van der Waals surface area contributed by atoms with Crippen molar-refractivity contribution in [2.45, 2.75) is 64.7 Å². The molecule has 0 spiro atoms. The highest BCUT2D eigenvalue weighted by molar-refractivity contribution is 7.17. The van der Waals surface area contributed by atoms with Crippen molar-refractivity contribution in [3.8, 4) is 0 Å². The van der Waals surface area contributed by atoms with Crippen LogP contribution in [0.2, 0.25) is 0 Å². The lowest BCUT2D eigenvalue weighted by Crippen LogP contribution is -2.49. The Morgan fingerprint density at radius 2 is 1.72 bits per heavy atom. The summed E-state index contributed by atoms with van der Waals surface area (Å²) >= 11 is 1.47. The highest BCUT2D eigenvalue weighted by atomic mass is 32.1. The second-order valence-electron chi connectivity index (χ2n) is 8.60. The van der Waals surface area contributed by atoms with Crippen LogP contribution in [0.3, 0.4) is 0 Å². The van der Waals surface area contributed by atoms with Crippen molar-refractivity contribution in [3.63, 3.8) is 0 Å². The Kier molecular flexibility index (Phi) is 5.95. The van der Waals surface area contributed by atoms with E-state index in [-0.39, 0.29) is 23.7 Å². The number of rotatable bonds is 6. The molecule has 158 valence electrons. The van der Waals surface area contributed by atoms with E-state index in [0.717, 1.165) is 68.2 Å². The van der Waals surface area contributed by atoms with Crippen LogP contribution in [-0.2, 0) is 27.2 Å². The summed E-state index contributed by atoms with van der Waals surface area (Å²) in [6.07, 6.45) is 8.21. The first-order valence-electron chi connectivity index (χ1n) is 10.9. The van der Waals surface area contributed by atoms with Gasteiger partial charge in [-0.05, 0) is 75.2 Å². The maximum absolute atomic E-state index is 13.3. The number of hydrogen-bond donors (Lipinski definition) is 2. The molecule has 7 heteroatoms. The molecule has 2 atom stereocenters. The van der Waals surface area contributed by atoms with Crippen molar-refractivity contribution in [1.82, 2.24) is 0 Å². The molecule has 3 saturated carbocycles. The average molecular weight is 420 g/mol. The molecule has 4 aliphatic carbocycles. The molecule has 3 fully saturated rings. The average Bonchev–Trinajstić information content (AvgIpc) is 3.09. The summed E-state index contributed by atoms with van der Waals surface area (Å²) in [5.74, 6) is -2.42. The fourth-order valence-electron chi connectivity index (χ4n) is 5.51. The van der Waals surface area contributed by atoms with Crippen molar-refractivity contribution in [2.75, 3.05) is 11.9 Å². The van der Waals surface area contributed by atoms with Crippen LogP contribution in [0, 0.1) is 23.7 Å². The van der Waals surface area contributed by atoms with Gasteiger partial charge in [0.1, 0.15) is 5.00 Å². The molecular formula is C22H29NO5S. The molecular weight excluding hydrogens is 390 g/mol. The molecule has 29 heavy (non-hydrogen) atoms. The standard InChI is InChI=1S/C22H29NO5S/c1-2-11-28-22(27)18-14-5-3-4-6-15(14)29-20(18)23-19(24)16-12-7-9-13(10-8-12)17(16)21(25)26/h12-13,16-17H,2-11H2,1H3,(H,23,24)(H,25,26)/t12?,13?,16-,17+/m0/s1. The maximum Gasteiger partial charge on any atom is 0.341 e. The second-order valence-corrected chi connectivity index (χ2v) is 9.71. The summed E-state index contributed by atoms with van der Waals surface area (Å²) < 4.78 is 5.40. The van der Waals surface area contributed by atoms with Crippen LogP contribution in [0.15, 0.2) is 0 Å². The van der Waals surface area contributed by atoms with E-state index in [1.54, 1.807) is 0 Å². The first-order valence-corrected chi connectivity index (χ1v) is 11.7. The zero-order valence-electron chi connectivity index (χ0n) is 16.9. The van der Waals surface area contributed by atoms with Gasteiger partial charge in [0.15, 0.2) is 0 Å². The van der Waals surface area contributed by atoms with E-state index in [0.29, 0.717) is 17.2 Å². The second kappa shape index (κ2) is 8.46. The van der Waals surface area contributed by atoms with Crippen molar-refractivity contribution in [3.05, 3.63) is 16.0 Å². The van der Waals surface area contributed by atoms with Gasteiger partial charge in [-0.25, -0.2) is 4.79 Å². The molecule has 0 unspecified atom stereocenters. The zero-order valence-corrected chi connectivity index (χ0v) is 17.7. The zero-order chi connectivity index (χ0) is 20.5. The summed E-state index contributed by atoms with van der Waals surface area (Å²) in [6, 6.07) is 0. The minimum atomic E-state index is -0.868. The van der Waals surface area contributed by atoms with E-state index in [1.807, 2.05) is 6.92 Å². The number of carbonyl (C=O) groups excluding carboxylic acids is 2. The Labute approximate surface area is 175 Å². The minimum Gasteiger partial charge on any atom is -0.481 e. The fourth-order valence-corrected chi connectivity index (χ4v) is 6.79. The van der Waals surface area contributed by atoms with Crippen molar-refractivity contribution in [2.24, 2.45) is 23.7 Å². The molecule has 4 aliphatic rings. The van der Waals surface area contributed by atoms with Gasteiger partial charge in [0.05, 0.1) is 24.0 Å². The number of anilines is 1. The number of carboxylic acid groups (broad SMARTS) is 1. The molecule has 2 N–H and O–H groups in total. The molecule has 1 heterocycles. The van der Waals surface area contributed by atoms with Crippen LogP contribution in [-0.4, -0.2) is 29.6 Å². The number of carboxylic acids is 1. The number of aryl methyl sites for hydroxylation is 1. The normalized spacial score (nSPS) is 27.9. The van der Waals surface area contributed by atoms with Gasteiger partial charge in [-0.15, -0.1) is 11.3 Å². The number of carbonyl (C=O) groups is 3. The smallest absolute Gasteiger partial charge is 0.341 e. The van der Waals surface area contributed by atoms with Crippen LogP contribution in [0.25, 0.3) is 0 Å². The summed E-state index contributed by atoms with van der Waals surface area (Å²) in [6.45, 7) is 2.30. The van der Waals surface area contributed by atoms with Crippen molar-refractivity contribution in [1.29, 1.82) is 0 Å². The van der Waals surface area contributed by atoms with Gasteiger partial charge < -0.3 is 15.2 Å². The number of thiophene rings is 1. The van der Waals surface area contributed by atoms with Crippen LogP contribution in [0.5, 0.6) is 0 Å². The van der Waals surface area contributed by atoms with Crippen LogP contribution < -0.4 is 5.32 Å². The van der Waals surface area contributed by atoms with Gasteiger partial charge in [0.2, 0.25) is 5.91 Å². The predicted octanol–water partition coefficient (Wildman–Crippen LogP) is 4.27. The lowest BCUT2D eigenvalue weighted by molar-refractivity contribution is -0.156. The van der Waals surface area contributed by atoms with E-state index >= 15 is 0 Å². The van der Waals surface area contributed by atoms with Gasteiger partial charge >= 0.3 is 11.9 Å². The molecule has 0 aromatic carbocycles. The number of nitrogens with one attached hydrogen (secondary N) is 1. The Bertz CT molecular complexity index is 808. The number of aliphatic carboxylic acids is 1. The molecule has 1 aromatic rings. The van der Waals surface area contributed by atoms with Crippen molar-refractivity contribution < 1.29 is 24.2 Å². The van der Waals surface area contributed by atoms with Crippen LogP contribution in [0.1, 0.15) is 72.7 Å². The number of fused-ring (bicyclic) bond motifs is 4. The quantitative estimate of drug-likeness (QED) is 0.672. The third-order valence-electron chi connectivity index (χ3n) is 6.86. The highest BCUT2D eigenvalue weighted by Crippen LogP contribution is 2.50. The summed E-state index contributed by atoms with van der Waals surface area (Å²) in [5, 5.41) is 13.3. The largest absolute Gasteiger partial charge is 0.481 e. The predicted molar refractivity (Wildman–Crippen MR) is 110 cm³/mol. The van der Waals surface area contributed by atoms with Gasteiger partial charge in [-0.2, -0.15) is 0 Å². The number of esters is 1. The third kappa shape index (κ3) is 3.81. The highest BCUT2D eigenvalue weighted by Gasteiger charge is 2.50. The monoisotopic (exact) mass is 419 g/mol. The number of ether oxygens (including phenoxy) is 1. The Morgan fingerprint density at radius 1 is 1.07 bits per heavy atom. The SMILES string of the molecule is CCCOC(=O)c1c(NC(=O)[C@H]2C3CCC(CC3)[C@H]2C(=O)O)sc2c1CCCC2. The van der Waals surface area contributed by atoms with Gasteiger partial charge in [-0.1, -0.05) is 6.92 Å². The number of amides is 1. The van der Waals surface area contributed by atoms with E-state index < -0.39 is 17.8 Å². The fraction of sp³-hybridized carbons (Fsp3) is 0.682. The summed E-state index contributed by atoms with van der Waals surface area (Å²) in [4.78, 5) is 39.1. The minimum absolute atomic E-state index is 0.0822. The third-order valence-corrected chi connectivity index (χ3v) is 8.06. The Balaban J connectivity index is 1.61. The van der Waals surface area contributed by atoms with Gasteiger partial charge in [-0.3, -0.25) is 9.59 Å². The molecule has 0 saturated heterocycles. The molecule has 0 radical (unpaired) electrons. The Morgan fingerprint density at radius 3 is 2.38 bits per heavy atom. The maximum atomic E-state index is 13.3. The first kappa shape index (κ1) is 20.4. The molecule has 2 bridgehead atoms. The van der Waals surface area contributed by atoms with Crippen molar-refractivity contribution >= 4 is 34.2 Å². The van der Waals surface area contributed by atoms with E-state index in [4.69, 9.17) is 4.74 Å². The molecule has 5 rings (SSSR count). The topological polar surface area (TPSA) is 92.7 Å². The summed E-state index contributed by atoms with van der Waals surface area (Å²) in [7, 11) is 0. The van der Waals surface area contributed by atoms with E-state index in [1.165, 1.54) is 11.3 Å². The lowest BCUT2D eigenvalue weighted by Gasteiger charge is -2.45. The number of hydrogen-bond acceptors (Lipinski definition) is 5. The van der Waals surface area contributed by atoms with Crippen LogP contribution >= 0.6 is 11.3 Å². The van der Waals surface area contributed by atoms with E-state index in [9.17, 15) is 19.5 Å². The lowest BCUT2D eigenvalue weighted by atomic mass is 9.58.